The van der Waals surface area contributed by atoms with Gasteiger partial charge in [-0.1, -0.05) is 0 Å². The average molecular weight is 207 g/mol. The monoisotopic (exact) mass is 206 g/mol. The van der Waals surface area contributed by atoms with Crippen LogP contribution in [0.25, 0.3) is 0 Å². The van der Waals surface area contributed by atoms with Crippen LogP contribution in [0.2, 0.25) is 0 Å². The number of amides is 3. The van der Waals surface area contributed by atoms with Gasteiger partial charge in [0, 0.05) is 11.8 Å². The van der Waals surface area contributed by atoms with Gasteiger partial charge >= 0.3 is 6.03 Å². The Balaban J connectivity index is 2.92. The van der Waals surface area contributed by atoms with Crippen molar-refractivity contribution in [1.29, 1.82) is 0 Å². The Morgan fingerprint density at radius 1 is 1.46 bits per heavy atom. The van der Waals surface area contributed by atoms with Crippen LogP contribution in [0.15, 0.2) is 0 Å². The second-order valence-electron chi connectivity index (χ2n) is 3.30. The van der Waals surface area contributed by atoms with E-state index in [0.29, 0.717) is 0 Å². The molecule has 1 saturated heterocycles. The van der Waals surface area contributed by atoms with Crippen LogP contribution in [0.1, 0.15) is 13.8 Å². The summed E-state index contributed by atoms with van der Waals surface area (Å²) in [5.74, 6) is -0.387. The number of aliphatic hydroxyl groups is 1. The number of hydrogen-bond acceptors (Lipinski definition) is 3. The first-order valence-electron chi connectivity index (χ1n) is 3.85. The van der Waals surface area contributed by atoms with E-state index in [1.807, 2.05) is 0 Å². The lowest BCUT2D eigenvalue weighted by Crippen LogP contribution is -2.39. The van der Waals surface area contributed by atoms with Gasteiger partial charge in [0.15, 0.2) is 0 Å². The molecule has 3 amide bonds. The van der Waals surface area contributed by atoms with Gasteiger partial charge in [-0.15, -0.1) is 0 Å². The maximum absolute atomic E-state index is 11.5. The summed E-state index contributed by atoms with van der Waals surface area (Å²) in [6.07, 6.45) is 0. The summed E-state index contributed by atoms with van der Waals surface area (Å²) in [7, 11) is 0. The van der Waals surface area contributed by atoms with E-state index in [4.69, 9.17) is 16.9 Å². The van der Waals surface area contributed by atoms with Crippen LogP contribution in [0.3, 0.4) is 0 Å². The van der Waals surface area contributed by atoms with E-state index in [0.717, 1.165) is 9.32 Å². The number of carbonyl (C=O) groups excluding carboxylic acids is 2. The Hall–Kier alpha value is -0.810. The van der Waals surface area contributed by atoms with Crippen LogP contribution >= 0.6 is 11.8 Å². The molecule has 1 N–H and O–H groups in total. The van der Waals surface area contributed by atoms with Gasteiger partial charge in [0.1, 0.15) is 5.54 Å². The van der Waals surface area contributed by atoms with Crippen molar-refractivity contribution in [1.82, 2.24) is 9.32 Å². The van der Waals surface area contributed by atoms with Crippen LogP contribution in [0.4, 0.5) is 4.79 Å². The molecule has 1 aliphatic heterocycles. The van der Waals surface area contributed by atoms with E-state index < -0.39 is 11.6 Å². The zero-order valence-electron chi connectivity index (χ0n) is 7.45. The van der Waals surface area contributed by atoms with Crippen LogP contribution in [-0.4, -0.2) is 45.1 Å². The van der Waals surface area contributed by atoms with Crippen LogP contribution < -0.4 is 0 Å². The predicted molar refractivity (Wildman–Crippen MR) is 46.0 cm³/mol. The highest BCUT2D eigenvalue weighted by molar-refractivity contribution is 6.27. The second-order valence-corrected chi connectivity index (χ2v) is 3.64. The van der Waals surface area contributed by atoms with Crippen molar-refractivity contribution in [2.75, 3.05) is 13.2 Å². The number of aliphatic hydroxyl groups excluding tert-OH is 1. The van der Waals surface area contributed by atoms with Crippen molar-refractivity contribution in [3.05, 3.63) is 0 Å². The molecular formula is C7H11ClN2O3. The van der Waals surface area contributed by atoms with Gasteiger partial charge in [0.25, 0.3) is 5.91 Å². The van der Waals surface area contributed by atoms with Gasteiger partial charge in [-0.2, -0.15) is 0 Å². The summed E-state index contributed by atoms with van der Waals surface area (Å²) in [6, 6.07) is -0.578. The number of hydrogen-bond donors (Lipinski definition) is 1. The van der Waals surface area contributed by atoms with Crippen molar-refractivity contribution in [2.24, 2.45) is 0 Å². The number of carbonyl (C=O) groups is 2. The highest BCUT2D eigenvalue weighted by Crippen LogP contribution is 2.28. The minimum absolute atomic E-state index is 0.00961. The summed E-state index contributed by atoms with van der Waals surface area (Å²) in [6.45, 7) is 2.85. The first kappa shape index (κ1) is 10.3. The van der Waals surface area contributed by atoms with E-state index in [-0.39, 0.29) is 19.1 Å². The molecule has 0 aromatic rings. The largest absolute Gasteiger partial charge is 0.395 e. The number of β-amino-alcohol motifs (C(OH)–C–C–N with tert-alkyl or cyclic N) is 1. The van der Waals surface area contributed by atoms with E-state index >= 15 is 0 Å². The van der Waals surface area contributed by atoms with Crippen molar-refractivity contribution >= 4 is 23.7 Å². The summed E-state index contributed by atoms with van der Waals surface area (Å²) in [5.41, 5.74) is -1.02. The zero-order chi connectivity index (χ0) is 10.2. The molecule has 0 spiro atoms. The molecule has 0 aliphatic carbocycles. The minimum Gasteiger partial charge on any atom is -0.395 e. The van der Waals surface area contributed by atoms with Crippen molar-refractivity contribution < 1.29 is 14.7 Å². The van der Waals surface area contributed by atoms with Crippen LogP contribution in [-0.2, 0) is 4.79 Å². The van der Waals surface area contributed by atoms with Gasteiger partial charge in [-0.3, -0.25) is 9.69 Å². The molecule has 13 heavy (non-hydrogen) atoms. The molecule has 6 heteroatoms. The topological polar surface area (TPSA) is 60.9 Å². The fourth-order valence-electron chi connectivity index (χ4n) is 1.14. The van der Waals surface area contributed by atoms with E-state index in [9.17, 15) is 9.59 Å². The summed E-state index contributed by atoms with van der Waals surface area (Å²) < 4.78 is 0.852. The van der Waals surface area contributed by atoms with E-state index in [1.165, 1.54) is 0 Å². The molecule has 1 fully saturated rings. The number of urea groups is 1. The molecule has 0 bridgehead atoms. The Bertz CT molecular complexity index is 254. The molecule has 0 saturated carbocycles. The highest BCUT2D eigenvalue weighted by Gasteiger charge is 2.50. The van der Waals surface area contributed by atoms with Crippen LogP contribution in [0, 0.1) is 0 Å². The molecular weight excluding hydrogens is 196 g/mol. The molecule has 0 aromatic carbocycles. The highest BCUT2D eigenvalue weighted by atomic mass is 35.5. The van der Waals surface area contributed by atoms with Gasteiger partial charge in [0.2, 0.25) is 0 Å². The Morgan fingerprint density at radius 2 is 2.00 bits per heavy atom. The molecule has 0 atom stereocenters. The minimum atomic E-state index is -1.02. The van der Waals surface area contributed by atoms with E-state index in [2.05, 4.69) is 0 Å². The Morgan fingerprint density at radius 3 is 2.31 bits per heavy atom. The average Bonchev–Trinajstić information content (AvgIpc) is 2.21. The van der Waals surface area contributed by atoms with Crippen LogP contribution in [0.5, 0.6) is 0 Å². The third-order valence-corrected chi connectivity index (χ3v) is 2.55. The number of halogens is 1. The lowest BCUT2D eigenvalue weighted by Gasteiger charge is -2.19. The van der Waals surface area contributed by atoms with Crippen molar-refractivity contribution in [3.63, 3.8) is 0 Å². The molecule has 0 unspecified atom stereocenters. The van der Waals surface area contributed by atoms with Crippen molar-refractivity contribution in [2.45, 2.75) is 19.4 Å². The third-order valence-electron chi connectivity index (χ3n) is 1.98. The SMILES string of the molecule is CC1(C)C(=O)N(CCO)C(=O)N1Cl. The van der Waals surface area contributed by atoms with Gasteiger partial charge in [-0.05, 0) is 13.8 Å². The molecule has 0 aromatic heterocycles. The van der Waals surface area contributed by atoms with Gasteiger partial charge < -0.3 is 5.11 Å². The van der Waals surface area contributed by atoms with Crippen molar-refractivity contribution in [3.8, 4) is 0 Å². The normalized spacial score (nSPS) is 21.5. The molecule has 1 rings (SSSR count). The molecule has 74 valence electrons. The van der Waals surface area contributed by atoms with Gasteiger partial charge in [0.05, 0.1) is 13.2 Å². The third kappa shape index (κ3) is 1.38. The lowest BCUT2D eigenvalue weighted by atomic mass is 10.1. The molecule has 1 aliphatic rings. The predicted octanol–water partition coefficient (Wildman–Crippen LogP) is 0.175. The summed E-state index contributed by atoms with van der Waals surface area (Å²) >= 11 is 5.62. The number of imide groups is 1. The Labute approximate surface area is 81.0 Å². The smallest absolute Gasteiger partial charge is 0.342 e. The first-order chi connectivity index (χ1) is 5.92. The van der Waals surface area contributed by atoms with Gasteiger partial charge in [-0.25, -0.2) is 9.21 Å². The quantitative estimate of drug-likeness (QED) is 0.518. The zero-order valence-corrected chi connectivity index (χ0v) is 8.21. The first-order valence-corrected chi connectivity index (χ1v) is 4.19. The summed E-state index contributed by atoms with van der Waals surface area (Å²) in [4.78, 5) is 23.8. The summed E-state index contributed by atoms with van der Waals surface area (Å²) in [5, 5.41) is 8.61. The van der Waals surface area contributed by atoms with E-state index in [1.54, 1.807) is 13.8 Å². The molecule has 0 radical (unpaired) electrons. The molecule has 5 nitrogen and oxygen atoms in total. The maximum atomic E-state index is 11.5. The molecule has 1 heterocycles. The lowest BCUT2D eigenvalue weighted by molar-refractivity contribution is -0.131. The fourth-order valence-corrected chi connectivity index (χ4v) is 1.31. The standard InChI is InChI=1S/C7H11ClN2O3/c1-7(2)5(12)9(3-4-11)6(13)10(7)8/h11H,3-4H2,1-2H3. The number of nitrogens with zero attached hydrogens (tertiary/aromatic N) is 2. The number of rotatable bonds is 2. The fraction of sp³-hybridized carbons (Fsp3) is 0.714. The maximum Gasteiger partial charge on any atom is 0.342 e. The Kier molecular flexibility index (Phi) is 2.49. The second kappa shape index (κ2) is 3.16.